The maximum atomic E-state index is 3.52. The molecule has 0 N–H and O–H groups in total. The molecule has 1 aromatic rings. The summed E-state index contributed by atoms with van der Waals surface area (Å²) < 4.78 is 1.22. The molecular weight excluding hydrogens is 270 g/mol. The van der Waals surface area contributed by atoms with Gasteiger partial charge in [-0.25, -0.2) is 0 Å². The van der Waals surface area contributed by atoms with E-state index >= 15 is 0 Å². The first-order valence-electron chi connectivity index (χ1n) is 5.65. The predicted molar refractivity (Wildman–Crippen MR) is 70.3 cm³/mol. The lowest BCUT2D eigenvalue weighted by Crippen LogP contribution is -2.42. The molecule has 0 unspecified atom stereocenters. The minimum Gasteiger partial charge on any atom is -0.293 e. The molecule has 1 aliphatic rings. The summed E-state index contributed by atoms with van der Waals surface area (Å²) in [5.74, 6) is 0. The first-order chi connectivity index (χ1) is 7.16. The molecular formula is C12H18BrNS. The Bertz CT molecular complexity index is 313. The van der Waals surface area contributed by atoms with Crippen LogP contribution in [0.4, 0.5) is 0 Å². The molecule has 0 aliphatic carbocycles. The van der Waals surface area contributed by atoms with Crippen LogP contribution in [0.25, 0.3) is 0 Å². The molecule has 84 valence electrons. The Balaban J connectivity index is 2.03. The van der Waals surface area contributed by atoms with Gasteiger partial charge in [0.05, 0.1) is 0 Å². The fraction of sp³-hybridized carbons (Fsp3) is 0.667. The minimum absolute atomic E-state index is 0.745. The number of hydrogen-bond donors (Lipinski definition) is 0. The zero-order valence-electron chi connectivity index (χ0n) is 9.37. The molecule has 1 fully saturated rings. The van der Waals surface area contributed by atoms with Crippen LogP contribution in [0.5, 0.6) is 0 Å². The first-order valence-corrected chi connectivity index (χ1v) is 7.32. The molecule has 2 heterocycles. The molecule has 2 rings (SSSR count). The van der Waals surface area contributed by atoms with Crippen LogP contribution >= 0.6 is 27.3 Å². The summed E-state index contributed by atoms with van der Waals surface area (Å²) in [5, 5.41) is 2.18. The van der Waals surface area contributed by atoms with E-state index in [-0.39, 0.29) is 0 Å². The molecule has 2 atom stereocenters. The average molecular weight is 288 g/mol. The summed E-state index contributed by atoms with van der Waals surface area (Å²) >= 11 is 5.38. The highest BCUT2D eigenvalue weighted by Crippen LogP contribution is 2.27. The SMILES string of the molecule is C[C@@H]1CCC[C@H](C)N1Cc1cc(Br)cs1. The number of thiophene rings is 1. The third-order valence-corrected chi connectivity index (χ3v) is 5.02. The fourth-order valence-corrected chi connectivity index (χ4v) is 3.86. The van der Waals surface area contributed by atoms with Crippen LogP contribution in [0.1, 0.15) is 38.0 Å². The molecule has 0 spiro atoms. The highest BCUT2D eigenvalue weighted by Gasteiger charge is 2.24. The Morgan fingerprint density at radius 2 is 2.07 bits per heavy atom. The Kier molecular flexibility index (Phi) is 3.86. The lowest BCUT2D eigenvalue weighted by molar-refractivity contribution is 0.0964. The molecule has 0 radical (unpaired) electrons. The van der Waals surface area contributed by atoms with Gasteiger partial charge in [-0.15, -0.1) is 11.3 Å². The zero-order chi connectivity index (χ0) is 10.8. The Hall–Kier alpha value is 0.140. The van der Waals surface area contributed by atoms with Crippen molar-refractivity contribution in [2.24, 2.45) is 0 Å². The monoisotopic (exact) mass is 287 g/mol. The summed E-state index contributed by atoms with van der Waals surface area (Å²) in [5.41, 5.74) is 0. The second-order valence-corrected chi connectivity index (χ2v) is 6.44. The summed E-state index contributed by atoms with van der Waals surface area (Å²) in [4.78, 5) is 4.12. The topological polar surface area (TPSA) is 3.24 Å². The molecule has 3 heteroatoms. The van der Waals surface area contributed by atoms with E-state index in [1.807, 2.05) is 11.3 Å². The quantitative estimate of drug-likeness (QED) is 0.785. The number of halogens is 1. The third-order valence-electron chi connectivity index (χ3n) is 3.34. The van der Waals surface area contributed by atoms with E-state index in [4.69, 9.17) is 0 Å². The number of piperidine rings is 1. The van der Waals surface area contributed by atoms with Gasteiger partial charge in [-0.1, -0.05) is 6.42 Å². The van der Waals surface area contributed by atoms with Crippen LogP contribution in [0.2, 0.25) is 0 Å². The van der Waals surface area contributed by atoms with Crippen molar-refractivity contribution in [3.63, 3.8) is 0 Å². The summed E-state index contributed by atoms with van der Waals surface area (Å²) in [6.07, 6.45) is 4.11. The van der Waals surface area contributed by atoms with E-state index in [0.717, 1.165) is 18.6 Å². The summed E-state index contributed by atoms with van der Waals surface area (Å²) in [7, 11) is 0. The first kappa shape index (κ1) is 11.6. The van der Waals surface area contributed by atoms with Crippen LogP contribution in [0.15, 0.2) is 15.9 Å². The zero-order valence-corrected chi connectivity index (χ0v) is 11.8. The molecule has 1 aliphatic heterocycles. The van der Waals surface area contributed by atoms with Gasteiger partial charge in [0.1, 0.15) is 0 Å². The largest absolute Gasteiger partial charge is 0.293 e. The van der Waals surface area contributed by atoms with Gasteiger partial charge in [0.2, 0.25) is 0 Å². The van der Waals surface area contributed by atoms with Crippen molar-refractivity contribution in [3.8, 4) is 0 Å². The second kappa shape index (κ2) is 4.98. The fourth-order valence-electron chi connectivity index (χ4n) is 2.40. The maximum Gasteiger partial charge on any atom is 0.0333 e. The van der Waals surface area contributed by atoms with Crippen molar-refractivity contribution in [1.82, 2.24) is 4.90 Å². The van der Waals surface area contributed by atoms with E-state index in [2.05, 4.69) is 46.1 Å². The van der Waals surface area contributed by atoms with E-state index in [0.29, 0.717) is 0 Å². The Morgan fingerprint density at radius 1 is 1.40 bits per heavy atom. The highest BCUT2D eigenvalue weighted by atomic mass is 79.9. The van der Waals surface area contributed by atoms with Crippen molar-refractivity contribution in [2.75, 3.05) is 0 Å². The standard InChI is InChI=1S/C12H18BrNS/c1-9-4-3-5-10(2)14(9)7-12-6-11(13)8-15-12/h6,8-10H,3-5,7H2,1-2H3/t9-,10+. The van der Waals surface area contributed by atoms with Crippen LogP contribution in [-0.4, -0.2) is 17.0 Å². The molecule has 0 bridgehead atoms. The van der Waals surface area contributed by atoms with E-state index in [1.165, 1.54) is 28.6 Å². The van der Waals surface area contributed by atoms with Crippen molar-refractivity contribution in [2.45, 2.75) is 51.7 Å². The van der Waals surface area contributed by atoms with Gasteiger partial charge in [0.25, 0.3) is 0 Å². The molecule has 15 heavy (non-hydrogen) atoms. The van der Waals surface area contributed by atoms with Gasteiger partial charge in [-0.05, 0) is 48.7 Å². The van der Waals surface area contributed by atoms with Crippen LogP contribution in [0.3, 0.4) is 0 Å². The molecule has 0 aromatic carbocycles. The van der Waals surface area contributed by atoms with Crippen LogP contribution < -0.4 is 0 Å². The third kappa shape index (κ3) is 2.83. The molecule has 0 amide bonds. The normalized spacial score (nSPS) is 28.2. The number of rotatable bonds is 2. The number of nitrogens with zero attached hydrogens (tertiary/aromatic N) is 1. The van der Waals surface area contributed by atoms with E-state index in [9.17, 15) is 0 Å². The smallest absolute Gasteiger partial charge is 0.0333 e. The van der Waals surface area contributed by atoms with E-state index in [1.54, 1.807) is 0 Å². The number of likely N-dealkylation sites (tertiary alicyclic amines) is 1. The minimum atomic E-state index is 0.745. The van der Waals surface area contributed by atoms with Gasteiger partial charge in [-0.2, -0.15) is 0 Å². The summed E-state index contributed by atoms with van der Waals surface area (Å²) in [6.45, 7) is 5.84. The summed E-state index contributed by atoms with van der Waals surface area (Å²) in [6, 6.07) is 3.74. The second-order valence-electron chi connectivity index (χ2n) is 4.53. The molecule has 1 nitrogen and oxygen atoms in total. The Morgan fingerprint density at radius 3 is 2.60 bits per heavy atom. The molecule has 0 saturated carbocycles. The van der Waals surface area contributed by atoms with Crippen molar-refractivity contribution >= 4 is 27.3 Å². The molecule has 1 aromatic heterocycles. The highest BCUT2D eigenvalue weighted by molar-refractivity contribution is 9.10. The van der Waals surface area contributed by atoms with Crippen LogP contribution in [0, 0.1) is 0 Å². The predicted octanol–water partition coefficient (Wildman–Crippen LogP) is 4.27. The van der Waals surface area contributed by atoms with E-state index < -0.39 is 0 Å². The molecule has 1 saturated heterocycles. The van der Waals surface area contributed by atoms with Gasteiger partial charge in [0, 0.05) is 33.4 Å². The lowest BCUT2D eigenvalue weighted by Gasteiger charge is -2.38. The van der Waals surface area contributed by atoms with Gasteiger partial charge in [0.15, 0.2) is 0 Å². The maximum absolute atomic E-state index is 3.52. The lowest BCUT2D eigenvalue weighted by atomic mass is 9.97. The Labute approximate surface area is 105 Å². The van der Waals surface area contributed by atoms with Crippen molar-refractivity contribution in [3.05, 3.63) is 20.8 Å². The number of hydrogen-bond acceptors (Lipinski definition) is 2. The van der Waals surface area contributed by atoms with Gasteiger partial charge < -0.3 is 0 Å². The van der Waals surface area contributed by atoms with Crippen molar-refractivity contribution < 1.29 is 0 Å². The van der Waals surface area contributed by atoms with Crippen molar-refractivity contribution in [1.29, 1.82) is 0 Å². The average Bonchev–Trinajstić information content (AvgIpc) is 2.58. The van der Waals surface area contributed by atoms with Gasteiger partial charge >= 0.3 is 0 Å². The van der Waals surface area contributed by atoms with Crippen LogP contribution in [-0.2, 0) is 6.54 Å². The van der Waals surface area contributed by atoms with Gasteiger partial charge in [-0.3, -0.25) is 4.90 Å².